The van der Waals surface area contributed by atoms with Crippen LogP contribution >= 0.6 is 0 Å². The molecule has 0 saturated carbocycles. The van der Waals surface area contributed by atoms with Crippen molar-refractivity contribution in [2.75, 3.05) is 17.4 Å². The lowest BCUT2D eigenvalue weighted by molar-refractivity contribution is 0.102. The average Bonchev–Trinajstić information content (AvgIpc) is 3.09. The third kappa shape index (κ3) is 3.82. The van der Waals surface area contributed by atoms with E-state index in [-0.39, 0.29) is 18.4 Å². The Hall–Kier alpha value is -3.61. The highest BCUT2D eigenvalue weighted by Gasteiger charge is 2.15. The molecule has 0 bridgehead atoms. The van der Waals surface area contributed by atoms with E-state index in [4.69, 9.17) is 9.47 Å². The van der Waals surface area contributed by atoms with E-state index in [0.29, 0.717) is 23.1 Å². The summed E-state index contributed by atoms with van der Waals surface area (Å²) in [4.78, 5) is 21.3. The Morgan fingerprint density at radius 3 is 2.67 bits per heavy atom. The Labute approximate surface area is 156 Å². The minimum atomic E-state index is -0.292. The van der Waals surface area contributed by atoms with Crippen LogP contribution in [0.1, 0.15) is 21.7 Å². The van der Waals surface area contributed by atoms with Gasteiger partial charge in [-0.25, -0.2) is 9.97 Å². The first kappa shape index (κ1) is 16.8. The topological polar surface area (TPSA) is 85.4 Å². The van der Waals surface area contributed by atoms with Gasteiger partial charge in [-0.05, 0) is 49.7 Å². The second-order valence-electron chi connectivity index (χ2n) is 6.23. The minimum Gasteiger partial charge on any atom is -0.454 e. The van der Waals surface area contributed by atoms with Gasteiger partial charge < -0.3 is 20.1 Å². The Kier molecular flexibility index (Phi) is 4.33. The molecule has 7 nitrogen and oxygen atoms in total. The quantitative estimate of drug-likeness (QED) is 0.734. The molecule has 1 aliphatic rings. The van der Waals surface area contributed by atoms with Crippen LogP contribution in [0.2, 0.25) is 0 Å². The van der Waals surface area contributed by atoms with Crippen molar-refractivity contribution < 1.29 is 14.3 Å². The lowest BCUT2D eigenvalue weighted by Crippen LogP contribution is -2.15. The van der Waals surface area contributed by atoms with Crippen molar-refractivity contribution in [1.82, 2.24) is 9.97 Å². The molecule has 27 heavy (non-hydrogen) atoms. The van der Waals surface area contributed by atoms with Gasteiger partial charge in [-0.3, -0.25) is 4.79 Å². The number of hydrogen-bond donors (Lipinski definition) is 2. The van der Waals surface area contributed by atoms with Crippen LogP contribution in [0.4, 0.5) is 17.3 Å². The summed E-state index contributed by atoms with van der Waals surface area (Å²) >= 11 is 0. The number of fused-ring (bicyclic) bond motifs is 1. The van der Waals surface area contributed by atoms with Crippen molar-refractivity contribution in [2.24, 2.45) is 0 Å². The molecule has 0 unspecified atom stereocenters. The SMILES string of the molecule is Cc1cccc(NC(=O)c2cc(C)nc(Nc3ccc4c(c3)OCO4)n2)c1. The number of ether oxygens (including phenoxy) is 2. The summed E-state index contributed by atoms with van der Waals surface area (Å²) in [7, 11) is 0. The van der Waals surface area contributed by atoms with Crippen molar-refractivity contribution in [3.63, 3.8) is 0 Å². The number of carbonyl (C=O) groups is 1. The number of rotatable bonds is 4. The van der Waals surface area contributed by atoms with E-state index in [0.717, 1.165) is 16.9 Å². The molecule has 0 radical (unpaired) electrons. The molecule has 136 valence electrons. The fourth-order valence-electron chi connectivity index (χ4n) is 2.76. The summed E-state index contributed by atoms with van der Waals surface area (Å²) in [6, 6.07) is 14.7. The van der Waals surface area contributed by atoms with E-state index in [9.17, 15) is 4.79 Å². The molecule has 1 amide bonds. The summed E-state index contributed by atoms with van der Waals surface area (Å²) < 4.78 is 10.7. The number of carbonyl (C=O) groups excluding carboxylic acids is 1. The number of hydrogen-bond acceptors (Lipinski definition) is 6. The molecule has 0 saturated heterocycles. The minimum absolute atomic E-state index is 0.211. The zero-order valence-corrected chi connectivity index (χ0v) is 14.9. The maximum atomic E-state index is 12.6. The summed E-state index contributed by atoms with van der Waals surface area (Å²) in [6.45, 7) is 4.00. The Morgan fingerprint density at radius 1 is 0.963 bits per heavy atom. The van der Waals surface area contributed by atoms with Crippen molar-refractivity contribution in [2.45, 2.75) is 13.8 Å². The van der Waals surface area contributed by atoms with Crippen LogP contribution in [0.5, 0.6) is 11.5 Å². The summed E-state index contributed by atoms with van der Waals surface area (Å²) in [5.41, 5.74) is 3.50. The van der Waals surface area contributed by atoms with Gasteiger partial charge in [0.05, 0.1) is 0 Å². The number of aromatic nitrogens is 2. The molecular weight excluding hydrogens is 344 g/mol. The predicted molar refractivity (Wildman–Crippen MR) is 102 cm³/mol. The number of anilines is 3. The van der Waals surface area contributed by atoms with Gasteiger partial charge >= 0.3 is 0 Å². The van der Waals surface area contributed by atoms with Gasteiger partial charge in [-0.15, -0.1) is 0 Å². The number of nitrogens with zero attached hydrogens (tertiary/aromatic N) is 2. The Balaban J connectivity index is 1.55. The third-order valence-electron chi connectivity index (χ3n) is 3.99. The van der Waals surface area contributed by atoms with Crippen molar-refractivity contribution in [3.05, 3.63) is 65.5 Å². The molecule has 1 aliphatic heterocycles. The summed E-state index contributed by atoms with van der Waals surface area (Å²) in [5.74, 6) is 1.40. The molecule has 2 N–H and O–H groups in total. The average molecular weight is 362 g/mol. The molecule has 2 heterocycles. The van der Waals surface area contributed by atoms with Gasteiger partial charge in [0.25, 0.3) is 5.91 Å². The number of benzene rings is 2. The van der Waals surface area contributed by atoms with Crippen LogP contribution in [0, 0.1) is 13.8 Å². The molecule has 0 aliphatic carbocycles. The van der Waals surface area contributed by atoms with E-state index < -0.39 is 0 Å². The van der Waals surface area contributed by atoms with E-state index in [1.54, 1.807) is 12.1 Å². The fourth-order valence-corrected chi connectivity index (χ4v) is 2.76. The van der Waals surface area contributed by atoms with Crippen molar-refractivity contribution in [3.8, 4) is 11.5 Å². The largest absolute Gasteiger partial charge is 0.454 e. The zero-order chi connectivity index (χ0) is 18.8. The lowest BCUT2D eigenvalue weighted by Gasteiger charge is -2.10. The van der Waals surface area contributed by atoms with Crippen LogP contribution in [0.25, 0.3) is 0 Å². The molecule has 2 aromatic carbocycles. The first-order valence-electron chi connectivity index (χ1n) is 8.47. The molecular formula is C20H18N4O3. The first-order valence-corrected chi connectivity index (χ1v) is 8.47. The van der Waals surface area contributed by atoms with Crippen LogP contribution in [-0.2, 0) is 0 Å². The van der Waals surface area contributed by atoms with Gasteiger partial charge in [-0.1, -0.05) is 12.1 Å². The van der Waals surface area contributed by atoms with E-state index >= 15 is 0 Å². The van der Waals surface area contributed by atoms with Gasteiger partial charge in [-0.2, -0.15) is 0 Å². The highest BCUT2D eigenvalue weighted by Crippen LogP contribution is 2.34. The summed E-state index contributed by atoms with van der Waals surface area (Å²) in [6.07, 6.45) is 0. The molecule has 7 heteroatoms. The maximum Gasteiger partial charge on any atom is 0.274 e. The number of amides is 1. The zero-order valence-electron chi connectivity index (χ0n) is 14.9. The monoisotopic (exact) mass is 362 g/mol. The fraction of sp³-hybridized carbons (Fsp3) is 0.150. The third-order valence-corrected chi connectivity index (χ3v) is 3.99. The highest BCUT2D eigenvalue weighted by atomic mass is 16.7. The Morgan fingerprint density at radius 2 is 1.81 bits per heavy atom. The second-order valence-corrected chi connectivity index (χ2v) is 6.23. The standard InChI is InChI=1S/C20H18N4O3/c1-12-4-3-5-14(8-12)22-19(25)16-9-13(2)21-20(24-16)23-15-6-7-17-18(10-15)27-11-26-17/h3-10H,11H2,1-2H3,(H,22,25)(H,21,23,24). The van der Waals surface area contributed by atoms with Crippen LogP contribution in [0.3, 0.4) is 0 Å². The number of nitrogens with one attached hydrogen (secondary N) is 2. The molecule has 3 aromatic rings. The second kappa shape index (κ2) is 6.95. The van der Waals surface area contributed by atoms with Crippen molar-refractivity contribution in [1.29, 1.82) is 0 Å². The van der Waals surface area contributed by atoms with Crippen LogP contribution < -0.4 is 20.1 Å². The van der Waals surface area contributed by atoms with Gasteiger partial charge in [0.1, 0.15) is 5.69 Å². The molecule has 0 fully saturated rings. The molecule has 4 rings (SSSR count). The maximum absolute atomic E-state index is 12.6. The highest BCUT2D eigenvalue weighted by molar-refractivity contribution is 6.03. The van der Waals surface area contributed by atoms with Crippen LogP contribution in [0.15, 0.2) is 48.5 Å². The number of aryl methyl sites for hydroxylation is 2. The Bertz CT molecular complexity index is 1020. The predicted octanol–water partition coefficient (Wildman–Crippen LogP) is 3.82. The van der Waals surface area contributed by atoms with E-state index in [1.807, 2.05) is 50.2 Å². The molecule has 1 aromatic heterocycles. The van der Waals surface area contributed by atoms with E-state index in [1.165, 1.54) is 0 Å². The summed E-state index contributed by atoms with van der Waals surface area (Å²) in [5, 5.41) is 5.96. The van der Waals surface area contributed by atoms with Gasteiger partial charge in [0, 0.05) is 23.1 Å². The van der Waals surface area contributed by atoms with Gasteiger partial charge in [0.2, 0.25) is 12.7 Å². The lowest BCUT2D eigenvalue weighted by atomic mass is 10.2. The molecule has 0 spiro atoms. The smallest absolute Gasteiger partial charge is 0.274 e. The first-order chi connectivity index (χ1) is 13.1. The van der Waals surface area contributed by atoms with E-state index in [2.05, 4.69) is 20.6 Å². The molecule has 0 atom stereocenters. The van der Waals surface area contributed by atoms with Crippen molar-refractivity contribution >= 4 is 23.2 Å². The van der Waals surface area contributed by atoms with Crippen LogP contribution in [-0.4, -0.2) is 22.7 Å². The van der Waals surface area contributed by atoms with Gasteiger partial charge in [0.15, 0.2) is 11.5 Å². The normalized spacial score (nSPS) is 11.9.